The van der Waals surface area contributed by atoms with Gasteiger partial charge in [-0.1, -0.05) is 28.2 Å². The number of nitrogens with one attached hydrogen (secondary N) is 1. The molecule has 0 fully saturated rings. The summed E-state index contributed by atoms with van der Waals surface area (Å²) in [4.78, 5) is 0. The molecule has 0 spiro atoms. The van der Waals surface area contributed by atoms with Crippen LogP contribution in [0, 0.1) is 5.41 Å². The monoisotopic (exact) mass is 178 g/mol. The van der Waals surface area contributed by atoms with Crippen LogP contribution in [0.3, 0.4) is 0 Å². The van der Waals surface area contributed by atoms with Gasteiger partial charge >= 0.3 is 11.3 Å². The Balaban J connectivity index is 0.000001000. The van der Waals surface area contributed by atoms with Crippen molar-refractivity contribution in [1.29, 1.82) is 0 Å². The van der Waals surface area contributed by atoms with E-state index < -0.39 is 11.3 Å². The van der Waals surface area contributed by atoms with Crippen LogP contribution < -0.4 is 5.48 Å². The fraction of sp³-hybridized carbons (Fsp3) is 0.833. The molecule has 0 bridgehead atoms. The Morgan fingerprint density at radius 2 is 2.09 bits per heavy atom. The van der Waals surface area contributed by atoms with Gasteiger partial charge in [0, 0.05) is 5.41 Å². The van der Waals surface area contributed by atoms with Crippen LogP contribution in [0.4, 0.5) is 0 Å². The van der Waals surface area contributed by atoms with Gasteiger partial charge in [-0.15, -0.1) is 4.40 Å². The van der Waals surface area contributed by atoms with E-state index in [0.717, 1.165) is 0 Å². The fourth-order valence-corrected chi connectivity index (χ4v) is 1.12. The maximum absolute atomic E-state index is 10.5. The van der Waals surface area contributed by atoms with E-state index in [2.05, 4.69) is 14.2 Å². The van der Waals surface area contributed by atoms with E-state index in [-0.39, 0.29) is 12.8 Å². The first-order valence-corrected chi connectivity index (χ1v) is 3.98. The molecule has 1 rings (SSSR count). The molecule has 0 aliphatic carbocycles. The van der Waals surface area contributed by atoms with Gasteiger partial charge in [0.15, 0.2) is 0 Å². The Labute approximate surface area is 69.8 Å². The van der Waals surface area contributed by atoms with Crippen molar-refractivity contribution in [1.82, 2.24) is 5.48 Å². The molecule has 4 nitrogen and oxygen atoms in total. The third-order valence-electron chi connectivity index (χ3n) is 1.09. The molecule has 0 amide bonds. The smallest absolute Gasteiger partial charge is 0.234 e. The number of hydrogen-bond donors (Lipinski definition) is 1. The van der Waals surface area contributed by atoms with Gasteiger partial charge in [-0.2, -0.15) is 4.28 Å². The van der Waals surface area contributed by atoms with Gasteiger partial charge in [0.25, 0.3) is 0 Å². The molecular weight excluding hydrogens is 164 g/mol. The van der Waals surface area contributed by atoms with Crippen LogP contribution in [0.1, 0.15) is 28.2 Å². The molecule has 1 aliphatic rings. The molecule has 5 heteroatoms. The summed E-state index contributed by atoms with van der Waals surface area (Å²) in [6.07, 6.45) is 0. The van der Waals surface area contributed by atoms with E-state index >= 15 is 0 Å². The van der Waals surface area contributed by atoms with E-state index in [1.807, 2.05) is 20.8 Å². The Morgan fingerprint density at radius 3 is 2.27 bits per heavy atom. The summed E-state index contributed by atoms with van der Waals surface area (Å²) in [5.41, 5.74) is 2.38. The molecule has 0 aromatic heterocycles. The second kappa shape index (κ2) is 3.32. The summed E-state index contributed by atoms with van der Waals surface area (Å²) in [5, 5.41) is 0. The molecule has 66 valence electrons. The average molecular weight is 178 g/mol. The van der Waals surface area contributed by atoms with Gasteiger partial charge < -0.3 is 0 Å². The Bertz CT molecular complexity index is 195. The van der Waals surface area contributed by atoms with Crippen molar-refractivity contribution in [2.24, 2.45) is 9.81 Å². The zero-order chi connectivity index (χ0) is 7.78. The summed E-state index contributed by atoms with van der Waals surface area (Å²) in [7, 11) is 0. The van der Waals surface area contributed by atoms with Crippen molar-refractivity contribution in [3.63, 3.8) is 0 Å². The first-order chi connectivity index (χ1) is 4.50. The number of nitrogens with zero attached hydrogens (tertiary/aromatic N) is 1. The molecule has 1 aliphatic heterocycles. The zero-order valence-corrected chi connectivity index (χ0v) is 6.99. The van der Waals surface area contributed by atoms with Crippen molar-refractivity contribution in [3.8, 4) is 0 Å². The molecule has 11 heavy (non-hydrogen) atoms. The summed E-state index contributed by atoms with van der Waals surface area (Å²) >= 11 is -1.52. The SMILES string of the molecule is C.CC(C)(C)C1=NS(=O)ON1. The van der Waals surface area contributed by atoms with Crippen LogP contribution in [0.2, 0.25) is 0 Å². The fourth-order valence-electron chi connectivity index (χ4n) is 0.477. The van der Waals surface area contributed by atoms with Crippen LogP contribution in [-0.2, 0) is 15.6 Å². The number of rotatable bonds is 0. The van der Waals surface area contributed by atoms with Crippen molar-refractivity contribution < 1.29 is 8.49 Å². The minimum atomic E-state index is -1.52. The Kier molecular flexibility index (Phi) is 3.19. The molecule has 0 radical (unpaired) electrons. The predicted molar refractivity (Wildman–Crippen MR) is 46.0 cm³/mol. The molecule has 0 aromatic carbocycles. The van der Waals surface area contributed by atoms with Crippen LogP contribution >= 0.6 is 0 Å². The van der Waals surface area contributed by atoms with Crippen molar-refractivity contribution >= 4 is 17.1 Å². The molecule has 1 N–H and O–H groups in total. The summed E-state index contributed by atoms with van der Waals surface area (Å²) in [6.45, 7) is 5.89. The quantitative estimate of drug-likeness (QED) is 0.606. The van der Waals surface area contributed by atoms with E-state index in [0.29, 0.717) is 5.84 Å². The van der Waals surface area contributed by atoms with E-state index in [1.54, 1.807) is 0 Å². The van der Waals surface area contributed by atoms with Crippen LogP contribution in [0.5, 0.6) is 0 Å². The van der Waals surface area contributed by atoms with Gasteiger partial charge in [0.05, 0.1) is 0 Å². The van der Waals surface area contributed by atoms with Crippen LogP contribution in [0.15, 0.2) is 4.40 Å². The van der Waals surface area contributed by atoms with Gasteiger partial charge in [-0.3, -0.25) is 0 Å². The van der Waals surface area contributed by atoms with E-state index in [9.17, 15) is 4.21 Å². The summed E-state index contributed by atoms with van der Waals surface area (Å²) in [6, 6.07) is 0. The van der Waals surface area contributed by atoms with Gasteiger partial charge in [-0.05, 0) is 0 Å². The molecule has 1 heterocycles. The number of amidine groups is 1. The molecular formula is C6H14N2O2S. The highest BCUT2D eigenvalue weighted by Gasteiger charge is 2.25. The van der Waals surface area contributed by atoms with Crippen molar-refractivity contribution in [2.75, 3.05) is 0 Å². The van der Waals surface area contributed by atoms with Crippen molar-refractivity contribution in [2.45, 2.75) is 28.2 Å². The lowest BCUT2D eigenvalue weighted by molar-refractivity contribution is 0.291. The van der Waals surface area contributed by atoms with E-state index in [1.165, 1.54) is 0 Å². The van der Waals surface area contributed by atoms with Crippen LogP contribution in [0.25, 0.3) is 0 Å². The number of hydroxylamine groups is 1. The Hall–Kier alpha value is -0.420. The van der Waals surface area contributed by atoms with Gasteiger partial charge in [-0.25, -0.2) is 9.69 Å². The highest BCUT2D eigenvalue weighted by molar-refractivity contribution is 7.79. The highest BCUT2D eigenvalue weighted by atomic mass is 32.2. The largest absolute Gasteiger partial charge is 0.309 e. The van der Waals surface area contributed by atoms with Gasteiger partial charge in [0.2, 0.25) is 0 Å². The van der Waals surface area contributed by atoms with Crippen LogP contribution in [-0.4, -0.2) is 10.0 Å². The topological polar surface area (TPSA) is 50.7 Å². The van der Waals surface area contributed by atoms with E-state index in [4.69, 9.17) is 0 Å². The first kappa shape index (κ1) is 10.6. The summed E-state index contributed by atoms with van der Waals surface area (Å²) in [5.74, 6) is 0.630. The lowest BCUT2D eigenvalue weighted by Gasteiger charge is -2.15. The minimum Gasteiger partial charge on any atom is -0.234 e. The first-order valence-electron chi connectivity index (χ1n) is 2.94. The second-order valence-electron chi connectivity index (χ2n) is 3.09. The molecule has 0 aromatic rings. The summed E-state index contributed by atoms with van der Waals surface area (Å²) < 4.78 is 18.8. The van der Waals surface area contributed by atoms with Gasteiger partial charge in [0.1, 0.15) is 5.84 Å². The standard InChI is InChI=1S/C5H10N2O2S.CH4/c1-5(2,3)4-6-9-10(8)7-4;/h1-3H3,(H,6,7);1H4. The number of hydrogen-bond acceptors (Lipinski definition) is 3. The van der Waals surface area contributed by atoms with Crippen molar-refractivity contribution in [3.05, 3.63) is 0 Å². The third-order valence-corrected chi connectivity index (χ3v) is 1.64. The molecule has 1 atom stereocenters. The lowest BCUT2D eigenvalue weighted by Crippen LogP contribution is -2.30. The molecule has 1 unspecified atom stereocenters. The molecule has 0 saturated heterocycles. The molecule has 0 saturated carbocycles. The predicted octanol–water partition coefficient (Wildman–Crippen LogP) is 1.18. The normalized spacial score (nSPS) is 23.5. The second-order valence-corrected chi connectivity index (χ2v) is 3.88. The third kappa shape index (κ3) is 2.59. The zero-order valence-electron chi connectivity index (χ0n) is 6.17. The minimum absolute atomic E-state index is 0. The lowest BCUT2D eigenvalue weighted by atomic mass is 9.96. The maximum atomic E-state index is 10.5. The maximum Gasteiger partial charge on any atom is 0.309 e. The average Bonchev–Trinajstić information content (AvgIpc) is 2.11. The Morgan fingerprint density at radius 1 is 1.55 bits per heavy atom. The highest BCUT2D eigenvalue weighted by Crippen LogP contribution is 2.17.